The first-order chi connectivity index (χ1) is 12.6. The van der Waals surface area contributed by atoms with Crippen molar-refractivity contribution in [1.82, 2.24) is 4.98 Å². The first kappa shape index (κ1) is 18.4. The highest BCUT2D eigenvalue weighted by Gasteiger charge is 2.28. The van der Waals surface area contributed by atoms with Crippen molar-refractivity contribution in [3.05, 3.63) is 40.4 Å². The maximum Gasteiger partial charge on any atom is 0.309 e. The van der Waals surface area contributed by atoms with Gasteiger partial charge in [-0.1, -0.05) is 0 Å². The van der Waals surface area contributed by atoms with Crippen molar-refractivity contribution in [3.63, 3.8) is 0 Å². The maximum absolute atomic E-state index is 12.4. The van der Waals surface area contributed by atoms with E-state index in [1.54, 1.807) is 24.3 Å². The van der Waals surface area contributed by atoms with Crippen LogP contribution in [0.4, 0.5) is 5.13 Å². The Hall–Kier alpha value is -2.41. The summed E-state index contributed by atoms with van der Waals surface area (Å²) in [5.41, 5.74) is 1.52. The van der Waals surface area contributed by atoms with Crippen LogP contribution in [0.1, 0.15) is 41.2 Å². The number of fused-ring (bicyclic) bond motifs is 1. The third-order valence-corrected chi connectivity index (χ3v) is 5.24. The largest absolute Gasteiger partial charge is 0.494 e. The summed E-state index contributed by atoms with van der Waals surface area (Å²) in [4.78, 5) is 29.9. The summed E-state index contributed by atoms with van der Waals surface area (Å²) >= 11 is 1.43. The van der Waals surface area contributed by atoms with Crippen LogP contribution in [0.25, 0.3) is 0 Å². The van der Waals surface area contributed by atoms with Crippen molar-refractivity contribution in [1.29, 1.82) is 0 Å². The number of carbonyl (C=O) groups excluding carboxylic acids is 2. The van der Waals surface area contributed by atoms with Crippen LogP contribution in [0, 0.1) is 5.92 Å². The molecule has 0 fully saturated rings. The van der Waals surface area contributed by atoms with E-state index in [2.05, 4.69) is 10.3 Å². The van der Waals surface area contributed by atoms with Crippen LogP contribution in [-0.4, -0.2) is 30.1 Å². The smallest absolute Gasteiger partial charge is 0.309 e. The molecule has 0 radical (unpaired) electrons. The highest BCUT2D eigenvalue weighted by atomic mass is 32.1. The Morgan fingerprint density at radius 1 is 1.23 bits per heavy atom. The van der Waals surface area contributed by atoms with E-state index >= 15 is 0 Å². The summed E-state index contributed by atoms with van der Waals surface area (Å²) in [6, 6.07) is 7.00. The lowest BCUT2D eigenvalue weighted by Crippen LogP contribution is -2.24. The van der Waals surface area contributed by atoms with Crippen molar-refractivity contribution < 1.29 is 19.1 Å². The highest BCUT2D eigenvalue weighted by molar-refractivity contribution is 7.15. The van der Waals surface area contributed by atoms with Crippen LogP contribution in [0.2, 0.25) is 0 Å². The minimum Gasteiger partial charge on any atom is -0.494 e. The molecule has 2 aromatic rings. The summed E-state index contributed by atoms with van der Waals surface area (Å²) < 4.78 is 10.5. The van der Waals surface area contributed by atoms with Gasteiger partial charge < -0.3 is 9.47 Å². The Balaban J connectivity index is 1.65. The predicted molar refractivity (Wildman–Crippen MR) is 99.8 cm³/mol. The van der Waals surface area contributed by atoms with Gasteiger partial charge >= 0.3 is 5.97 Å². The number of nitrogens with zero attached hydrogens (tertiary/aromatic N) is 1. The number of ether oxygens (including phenoxy) is 2. The molecule has 1 N–H and O–H groups in total. The van der Waals surface area contributed by atoms with Gasteiger partial charge in [0.05, 0.1) is 24.8 Å². The molecule has 0 bridgehead atoms. The quantitative estimate of drug-likeness (QED) is 0.784. The summed E-state index contributed by atoms with van der Waals surface area (Å²) in [5, 5.41) is 3.42. The molecule has 1 unspecified atom stereocenters. The molecule has 0 saturated carbocycles. The molecule has 3 rings (SSSR count). The average molecular weight is 374 g/mol. The van der Waals surface area contributed by atoms with Gasteiger partial charge in [0.25, 0.3) is 5.91 Å². The van der Waals surface area contributed by atoms with Gasteiger partial charge in [0, 0.05) is 10.4 Å². The summed E-state index contributed by atoms with van der Waals surface area (Å²) in [5.74, 6) is 0.268. The van der Waals surface area contributed by atoms with E-state index in [1.807, 2.05) is 13.8 Å². The second-order valence-corrected chi connectivity index (χ2v) is 7.08. The number of aromatic nitrogens is 1. The molecular formula is C19H22N2O4S. The van der Waals surface area contributed by atoms with Crippen molar-refractivity contribution in [2.24, 2.45) is 5.92 Å². The number of hydrogen-bond acceptors (Lipinski definition) is 6. The van der Waals surface area contributed by atoms with E-state index in [0.29, 0.717) is 30.3 Å². The lowest BCUT2D eigenvalue weighted by molar-refractivity contribution is -0.148. The monoisotopic (exact) mass is 374 g/mol. The van der Waals surface area contributed by atoms with E-state index in [1.165, 1.54) is 11.3 Å². The lowest BCUT2D eigenvalue weighted by atomic mass is 9.91. The molecule has 1 atom stereocenters. The highest BCUT2D eigenvalue weighted by Crippen LogP contribution is 2.33. The molecular weight excluding hydrogens is 352 g/mol. The van der Waals surface area contributed by atoms with Crippen LogP contribution in [0.5, 0.6) is 5.75 Å². The number of aryl methyl sites for hydroxylation is 1. The Bertz CT molecular complexity index is 785. The Kier molecular flexibility index (Phi) is 5.88. The molecule has 1 amide bonds. The van der Waals surface area contributed by atoms with Crippen molar-refractivity contribution in [3.8, 4) is 5.75 Å². The van der Waals surface area contributed by atoms with Gasteiger partial charge in [-0.3, -0.25) is 14.9 Å². The Labute approximate surface area is 156 Å². The minimum atomic E-state index is -0.207. The molecule has 0 saturated heterocycles. The van der Waals surface area contributed by atoms with Crippen molar-refractivity contribution in [2.75, 3.05) is 18.5 Å². The molecule has 0 spiro atoms. The fourth-order valence-corrected chi connectivity index (χ4v) is 4.01. The number of thiazole rings is 1. The second kappa shape index (κ2) is 8.31. The van der Waals surface area contributed by atoms with Crippen LogP contribution >= 0.6 is 11.3 Å². The fraction of sp³-hybridized carbons (Fsp3) is 0.421. The van der Waals surface area contributed by atoms with Crippen LogP contribution in [0.15, 0.2) is 24.3 Å². The number of nitrogens with one attached hydrogen (secondary N) is 1. The Morgan fingerprint density at radius 2 is 2.00 bits per heavy atom. The summed E-state index contributed by atoms with van der Waals surface area (Å²) in [6.07, 6.45) is 2.10. The number of benzene rings is 1. The zero-order valence-electron chi connectivity index (χ0n) is 14.9. The molecule has 138 valence electrons. The SMILES string of the molecule is CCOC(=O)C1CCc2nc(NC(=O)c3ccc(OCC)cc3)sc2C1. The molecule has 1 heterocycles. The molecule has 1 aliphatic rings. The van der Waals surface area contributed by atoms with Gasteiger partial charge in [0.2, 0.25) is 0 Å². The van der Waals surface area contributed by atoms with Crippen molar-refractivity contribution in [2.45, 2.75) is 33.1 Å². The maximum atomic E-state index is 12.4. The second-order valence-electron chi connectivity index (χ2n) is 5.99. The molecule has 1 aromatic heterocycles. The third kappa shape index (κ3) is 4.22. The summed E-state index contributed by atoms with van der Waals surface area (Å²) in [7, 11) is 0. The van der Waals surface area contributed by atoms with Gasteiger partial charge in [0.1, 0.15) is 5.75 Å². The van der Waals surface area contributed by atoms with Gasteiger partial charge in [0.15, 0.2) is 5.13 Å². The van der Waals surface area contributed by atoms with Crippen LogP contribution in [-0.2, 0) is 22.4 Å². The van der Waals surface area contributed by atoms with Crippen LogP contribution in [0.3, 0.4) is 0 Å². The zero-order valence-corrected chi connectivity index (χ0v) is 15.7. The third-order valence-electron chi connectivity index (χ3n) is 4.21. The first-order valence-corrected chi connectivity index (χ1v) is 9.61. The minimum absolute atomic E-state index is 0.113. The normalized spacial score (nSPS) is 15.8. The molecule has 0 aliphatic heterocycles. The number of esters is 1. The van der Waals surface area contributed by atoms with Gasteiger partial charge in [-0.25, -0.2) is 4.98 Å². The number of rotatable bonds is 6. The van der Waals surface area contributed by atoms with Gasteiger partial charge in [-0.2, -0.15) is 0 Å². The van der Waals surface area contributed by atoms with E-state index in [4.69, 9.17) is 9.47 Å². The van der Waals surface area contributed by atoms with E-state index in [9.17, 15) is 9.59 Å². The standard InChI is InChI=1S/C19H22N2O4S/c1-3-24-14-8-5-12(6-9-14)17(22)21-19-20-15-10-7-13(11-16(15)26-19)18(23)25-4-2/h5-6,8-9,13H,3-4,7,10-11H2,1-2H3,(H,20,21,22). The summed E-state index contributed by atoms with van der Waals surface area (Å²) in [6.45, 7) is 4.71. The molecule has 1 aromatic carbocycles. The molecule has 1 aliphatic carbocycles. The van der Waals surface area contributed by atoms with E-state index < -0.39 is 0 Å². The number of amides is 1. The van der Waals surface area contributed by atoms with Crippen LogP contribution < -0.4 is 10.1 Å². The van der Waals surface area contributed by atoms with Gasteiger partial charge in [-0.15, -0.1) is 11.3 Å². The molecule has 6 nitrogen and oxygen atoms in total. The van der Waals surface area contributed by atoms with Gasteiger partial charge in [-0.05, 0) is 57.4 Å². The predicted octanol–water partition coefficient (Wildman–Crippen LogP) is 3.46. The fourth-order valence-electron chi connectivity index (χ4n) is 2.93. The lowest BCUT2D eigenvalue weighted by Gasteiger charge is -2.18. The zero-order chi connectivity index (χ0) is 18.5. The van der Waals surface area contributed by atoms with E-state index in [-0.39, 0.29) is 17.8 Å². The van der Waals surface area contributed by atoms with Crippen molar-refractivity contribution >= 4 is 28.3 Å². The number of anilines is 1. The molecule has 26 heavy (non-hydrogen) atoms. The average Bonchev–Trinajstić information content (AvgIpc) is 3.04. The van der Waals surface area contributed by atoms with E-state index in [0.717, 1.165) is 29.2 Å². The number of hydrogen-bond donors (Lipinski definition) is 1. The number of carbonyl (C=O) groups is 2. The topological polar surface area (TPSA) is 77.5 Å². The Morgan fingerprint density at radius 3 is 2.69 bits per heavy atom. The first-order valence-electron chi connectivity index (χ1n) is 8.80. The molecule has 7 heteroatoms.